The highest BCUT2D eigenvalue weighted by Crippen LogP contribution is 2.08. The molecule has 0 aromatic carbocycles. The smallest absolute Gasteiger partial charge is 0.342 e. The zero-order chi connectivity index (χ0) is 10.3. The second kappa shape index (κ2) is 2.62. The third-order valence-corrected chi connectivity index (χ3v) is 1.62. The van der Waals surface area contributed by atoms with E-state index in [1.807, 2.05) is 0 Å². The Morgan fingerprint density at radius 3 is 3.00 bits per heavy atom. The van der Waals surface area contributed by atoms with Gasteiger partial charge in [0.05, 0.1) is 0 Å². The molecular formula is C6H3FN4O3. The van der Waals surface area contributed by atoms with Crippen LogP contribution in [-0.4, -0.2) is 30.9 Å². The zero-order valence-electron chi connectivity index (χ0n) is 6.56. The van der Waals surface area contributed by atoms with Crippen LogP contribution in [0.3, 0.4) is 0 Å². The topological polar surface area (TPSA) is 100 Å². The van der Waals surface area contributed by atoms with Gasteiger partial charge in [-0.15, -0.1) is 14.8 Å². The molecule has 2 rings (SSSR count). The summed E-state index contributed by atoms with van der Waals surface area (Å²) in [4.78, 5) is 23.8. The Morgan fingerprint density at radius 2 is 2.36 bits per heavy atom. The molecule has 0 amide bonds. The lowest BCUT2D eigenvalue weighted by Gasteiger charge is -1.89. The number of carboxylic acid groups (broad SMARTS) is 1. The molecular weight excluding hydrogens is 195 g/mol. The van der Waals surface area contributed by atoms with E-state index in [0.29, 0.717) is 4.63 Å². The highest BCUT2D eigenvalue weighted by atomic mass is 19.1. The molecule has 0 saturated carbocycles. The van der Waals surface area contributed by atoms with Crippen LogP contribution in [0.4, 0.5) is 4.39 Å². The van der Waals surface area contributed by atoms with Crippen LogP contribution in [0.1, 0.15) is 10.4 Å². The summed E-state index contributed by atoms with van der Waals surface area (Å²) in [5, 5.41) is 15.2. The Balaban J connectivity index is 3.01. The summed E-state index contributed by atoms with van der Waals surface area (Å²) in [5.74, 6) is -2.79. The first-order chi connectivity index (χ1) is 6.61. The first-order valence-electron chi connectivity index (χ1n) is 3.46. The number of H-pyrrole nitrogens is 1. The van der Waals surface area contributed by atoms with Crippen molar-refractivity contribution in [3.05, 3.63) is 28.2 Å². The van der Waals surface area contributed by atoms with Crippen molar-refractivity contribution in [2.45, 2.75) is 0 Å². The van der Waals surface area contributed by atoms with E-state index in [4.69, 9.17) is 5.11 Å². The van der Waals surface area contributed by atoms with E-state index in [-0.39, 0.29) is 0 Å². The summed E-state index contributed by atoms with van der Waals surface area (Å²) in [6.45, 7) is 0. The van der Waals surface area contributed by atoms with E-state index in [1.54, 1.807) is 0 Å². The summed E-state index contributed by atoms with van der Waals surface area (Å²) in [6.07, 6.45) is 0.993. The Bertz CT molecular complexity index is 572. The minimum absolute atomic E-state index is 0.419. The van der Waals surface area contributed by atoms with Crippen LogP contribution < -0.4 is 5.56 Å². The van der Waals surface area contributed by atoms with Crippen molar-refractivity contribution in [1.29, 1.82) is 0 Å². The summed E-state index contributed by atoms with van der Waals surface area (Å²) in [5.41, 5.74) is -1.95. The number of carbonyl (C=O) groups is 1. The van der Waals surface area contributed by atoms with Gasteiger partial charge in [-0.05, 0) is 0 Å². The van der Waals surface area contributed by atoms with Crippen molar-refractivity contribution < 1.29 is 14.3 Å². The number of fused-ring (bicyclic) bond motifs is 1. The molecule has 2 aromatic rings. The molecule has 14 heavy (non-hydrogen) atoms. The fraction of sp³-hybridized carbons (Fsp3) is 0. The van der Waals surface area contributed by atoms with E-state index in [1.165, 1.54) is 0 Å². The molecule has 0 fully saturated rings. The van der Waals surface area contributed by atoms with Crippen molar-refractivity contribution in [2.24, 2.45) is 0 Å². The summed E-state index contributed by atoms with van der Waals surface area (Å²) in [6, 6.07) is 0. The first-order valence-corrected chi connectivity index (χ1v) is 3.46. The maximum absolute atomic E-state index is 12.9. The molecule has 72 valence electrons. The number of carboxylic acids is 1. The van der Waals surface area contributed by atoms with Gasteiger partial charge < -0.3 is 10.1 Å². The molecule has 0 aliphatic carbocycles. The van der Waals surface area contributed by atoms with E-state index in [0.717, 1.165) is 6.33 Å². The predicted octanol–water partition coefficient (Wildman–Crippen LogP) is -0.745. The van der Waals surface area contributed by atoms with Gasteiger partial charge in [-0.1, -0.05) is 0 Å². The second-order valence-corrected chi connectivity index (χ2v) is 2.43. The summed E-state index contributed by atoms with van der Waals surface area (Å²) in [7, 11) is 0. The molecule has 0 aliphatic heterocycles. The van der Waals surface area contributed by atoms with Crippen LogP contribution in [0.15, 0.2) is 11.1 Å². The number of aromatic nitrogens is 4. The van der Waals surface area contributed by atoms with Crippen LogP contribution in [0, 0.1) is 5.95 Å². The van der Waals surface area contributed by atoms with Crippen LogP contribution >= 0.6 is 0 Å². The quantitative estimate of drug-likeness (QED) is 0.628. The van der Waals surface area contributed by atoms with E-state index < -0.39 is 28.6 Å². The zero-order valence-corrected chi connectivity index (χ0v) is 6.56. The fourth-order valence-corrected chi connectivity index (χ4v) is 1.07. The predicted molar refractivity (Wildman–Crippen MR) is 40.5 cm³/mol. The maximum atomic E-state index is 12.9. The van der Waals surface area contributed by atoms with Gasteiger partial charge in [0.1, 0.15) is 11.9 Å². The normalized spacial score (nSPS) is 10.6. The Hall–Kier alpha value is -2.25. The Labute approximate surface area is 74.8 Å². The molecule has 0 atom stereocenters. The van der Waals surface area contributed by atoms with Crippen molar-refractivity contribution in [3.63, 3.8) is 0 Å². The van der Waals surface area contributed by atoms with Gasteiger partial charge in [0, 0.05) is 0 Å². The number of aromatic amines is 1. The summed E-state index contributed by atoms with van der Waals surface area (Å²) < 4.78 is 13.6. The summed E-state index contributed by atoms with van der Waals surface area (Å²) >= 11 is 0. The Morgan fingerprint density at radius 1 is 1.64 bits per heavy atom. The molecule has 2 aromatic heterocycles. The fourth-order valence-electron chi connectivity index (χ4n) is 1.07. The molecule has 0 bridgehead atoms. The average Bonchev–Trinajstić information content (AvgIpc) is 2.42. The van der Waals surface area contributed by atoms with Crippen LogP contribution in [0.2, 0.25) is 0 Å². The highest BCUT2D eigenvalue weighted by Gasteiger charge is 2.22. The van der Waals surface area contributed by atoms with Crippen molar-refractivity contribution >= 4 is 11.5 Å². The van der Waals surface area contributed by atoms with E-state index in [2.05, 4.69) is 15.2 Å². The molecule has 0 radical (unpaired) electrons. The lowest BCUT2D eigenvalue weighted by atomic mass is 10.3. The van der Waals surface area contributed by atoms with Crippen molar-refractivity contribution in [3.8, 4) is 0 Å². The van der Waals surface area contributed by atoms with Gasteiger partial charge in [-0.3, -0.25) is 4.79 Å². The van der Waals surface area contributed by atoms with Crippen LogP contribution in [0.25, 0.3) is 5.52 Å². The molecule has 0 spiro atoms. The average molecular weight is 198 g/mol. The van der Waals surface area contributed by atoms with E-state index >= 15 is 0 Å². The molecule has 8 heteroatoms. The number of hydrogen-bond acceptors (Lipinski definition) is 4. The molecule has 0 unspecified atom stereocenters. The second-order valence-electron chi connectivity index (χ2n) is 2.43. The molecule has 0 saturated heterocycles. The number of aromatic carboxylic acids is 1. The lowest BCUT2D eigenvalue weighted by molar-refractivity contribution is 0.0694. The van der Waals surface area contributed by atoms with Gasteiger partial charge in [-0.2, -0.15) is 4.39 Å². The van der Waals surface area contributed by atoms with Gasteiger partial charge in [0.15, 0.2) is 5.52 Å². The SMILES string of the molecule is O=C(O)c1c(F)nn2nc[nH]c(=O)c12. The number of hydrogen-bond donors (Lipinski definition) is 2. The molecule has 7 nitrogen and oxygen atoms in total. The maximum Gasteiger partial charge on any atom is 0.342 e. The standard InChI is InChI=1S/C6H3FN4O3/c7-4-2(6(13)14)3-5(12)8-1-9-11(3)10-4/h1H,(H,13,14)(H,8,9,12). The Kier molecular flexibility index (Phi) is 1.56. The third-order valence-electron chi connectivity index (χ3n) is 1.62. The number of halogens is 1. The monoisotopic (exact) mass is 198 g/mol. The van der Waals surface area contributed by atoms with Crippen molar-refractivity contribution in [1.82, 2.24) is 19.8 Å². The molecule has 2 N–H and O–H groups in total. The number of nitrogens with zero attached hydrogens (tertiary/aromatic N) is 3. The van der Waals surface area contributed by atoms with Crippen LogP contribution in [0.5, 0.6) is 0 Å². The van der Waals surface area contributed by atoms with Crippen LogP contribution in [-0.2, 0) is 0 Å². The minimum Gasteiger partial charge on any atom is -0.477 e. The van der Waals surface area contributed by atoms with Crippen molar-refractivity contribution in [2.75, 3.05) is 0 Å². The largest absolute Gasteiger partial charge is 0.477 e. The molecule has 0 aliphatic rings. The third kappa shape index (κ3) is 0.969. The lowest BCUT2D eigenvalue weighted by Crippen LogP contribution is -2.13. The molecule has 2 heterocycles. The van der Waals surface area contributed by atoms with Gasteiger partial charge in [-0.25, -0.2) is 4.79 Å². The minimum atomic E-state index is -1.56. The van der Waals surface area contributed by atoms with Gasteiger partial charge in [0.25, 0.3) is 5.56 Å². The van der Waals surface area contributed by atoms with Gasteiger partial charge >= 0.3 is 5.97 Å². The number of nitrogens with one attached hydrogen (secondary N) is 1. The first kappa shape index (κ1) is 8.35. The highest BCUT2D eigenvalue weighted by molar-refractivity contribution is 5.95. The number of rotatable bonds is 1. The van der Waals surface area contributed by atoms with Gasteiger partial charge in [0.2, 0.25) is 5.95 Å². The van der Waals surface area contributed by atoms with E-state index in [9.17, 15) is 14.0 Å².